The molecule has 5 atom stereocenters. The number of nitrogens with zero attached hydrogens (tertiary/aromatic N) is 1. The Hall–Kier alpha value is -0.320. The van der Waals surface area contributed by atoms with Gasteiger partial charge in [0.25, 0.3) is 0 Å². The Morgan fingerprint density at radius 1 is 0.694 bits per heavy atom. The number of piperidine rings is 1. The van der Waals surface area contributed by atoms with Crippen LogP contribution in [-0.4, -0.2) is 148 Å². The number of sulfonamides is 1. The van der Waals surface area contributed by atoms with Gasteiger partial charge in [-0.3, -0.25) is 4.79 Å². The van der Waals surface area contributed by atoms with E-state index in [0.29, 0.717) is 109 Å². The highest BCUT2D eigenvalue weighted by Crippen LogP contribution is 2.48. The maximum atomic E-state index is 13.0. The van der Waals surface area contributed by atoms with Crippen molar-refractivity contribution in [3.63, 3.8) is 0 Å². The molecule has 0 aromatic rings. The van der Waals surface area contributed by atoms with Crippen LogP contribution in [0.25, 0.3) is 0 Å². The van der Waals surface area contributed by atoms with Crippen LogP contribution in [-0.2, 0) is 43.2 Å². The van der Waals surface area contributed by atoms with Gasteiger partial charge in [0, 0.05) is 50.0 Å². The van der Waals surface area contributed by atoms with E-state index in [0.717, 1.165) is 51.8 Å². The fourth-order valence-corrected chi connectivity index (χ4v) is 9.84. The van der Waals surface area contributed by atoms with E-state index in [2.05, 4.69) is 28.9 Å². The first-order valence-corrected chi connectivity index (χ1v) is 20.8. The van der Waals surface area contributed by atoms with E-state index in [1.165, 1.54) is 0 Å². The molecule has 2 saturated carbocycles. The minimum Gasteiger partial charge on any atom is -0.379 e. The minimum atomic E-state index is -3.39. The highest BCUT2D eigenvalue weighted by Gasteiger charge is 2.47. The Morgan fingerprint density at radius 2 is 1.22 bits per heavy atom. The number of carbonyl (C=O) groups is 1. The molecule has 0 spiro atoms. The fraction of sp³-hybridized carbons (Fsp3) is 0.971. The van der Waals surface area contributed by atoms with Gasteiger partial charge in [-0.25, -0.2) is 13.1 Å². The zero-order valence-corrected chi connectivity index (χ0v) is 32.1. The van der Waals surface area contributed by atoms with E-state index in [-0.39, 0.29) is 41.5 Å². The Balaban J connectivity index is 1.11. The van der Waals surface area contributed by atoms with Crippen molar-refractivity contribution in [3.05, 3.63) is 0 Å². The number of alkyl halides is 2. The number of hydrogen-bond acceptors (Lipinski definition) is 10. The molecule has 2 aliphatic carbocycles. The zero-order chi connectivity index (χ0) is 35.3. The molecule has 3 fully saturated rings. The molecular formula is C34H63Cl2N3O9S. The topological polar surface area (TPSA) is 134 Å². The lowest BCUT2D eigenvalue weighted by molar-refractivity contribution is -0.122. The van der Waals surface area contributed by atoms with Crippen LogP contribution in [0, 0.1) is 23.7 Å². The third kappa shape index (κ3) is 16.9. The Bertz CT molecular complexity index is 994. The van der Waals surface area contributed by atoms with Gasteiger partial charge in [0.2, 0.25) is 15.9 Å². The number of fused-ring (bicyclic) bond motifs is 1. The summed E-state index contributed by atoms with van der Waals surface area (Å²) in [5.41, 5.74) is 0. The summed E-state index contributed by atoms with van der Waals surface area (Å²) >= 11 is 13.4. The quantitative estimate of drug-likeness (QED) is 0.100. The second kappa shape index (κ2) is 24.8. The van der Waals surface area contributed by atoms with Crippen LogP contribution in [0.15, 0.2) is 0 Å². The number of halogens is 2. The van der Waals surface area contributed by atoms with Gasteiger partial charge in [-0.2, -0.15) is 0 Å². The molecule has 0 radical (unpaired) electrons. The van der Waals surface area contributed by atoms with Crippen molar-refractivity contribution in [3.8, 4) is 0 Å². The third-order valence-electron chi connectivity index (χ3n) is 9.81. The Morgan fingerprint density at radius 3 is 1.84 bits per heavy atom. The number of nitrogens with one attached hydrogen (secondary N) is 2. The Kier molecular flexibility index (Phi) is 21.8. The van der Waals surface area contributed by atoms with E-state index >= 15 is 0 Å². The van der Waals surface area contributed by atoms with Crippen molar-refractivity contribution < 1.29 is 41.6 Å². The summed E-state index contributed by atoms with van der Waals surface area (Å²) in [7, 11) is -1.21. The maximum Gasteiger partial charge on any atom is 0.222 e. The van der Waals surface area contributed by atoms with Gasteiger partial charge in [-0.15, -0.1) is 23.2 Å². The van der Waals surface area contributed by atoms with E-state index < -0.39 is 10.0 Å². The molecule has 2 N–H and O–H groups in total. The first-order valence-electron chi connectivity index (χ1n) is 18.4. The van der Waals surface area contributed by atoms with Gasteiger partial charge in [0.1, 0.15) is 0 Å². The molecule has 12 nitrogen and oxygen atoms in total. The van der Waals surface area contributed by atoms with Crippen molar-refractivity contribution >= 4 is 39.1 Å². The third-order valence-corrected chi connectivity index (χ3v) is 12.6. The largest absolute Gasteiger partial charge is 0.379 e. The molecule has 1 heterocycles. The molecule has 0 aromatic heterocycles. The molecule has 3 aliphatic rings. The highest BCUT2D eigenvalue weighted by atomic mass is 35.5. The number of rotatable bonds is 26. The van der Waals surface area contributed by atoms with Gasteiger partial charge in [0.05, 0.1) is 77.9 Å². The number of likely N-dealkylation sites (tertiary alicyclic amines) is 1. The van der Waals surface area contributed by atoms with E-state index in [1.807, 2.05) is 0 Å². The first-order chi connectivity index (χ1) is 23.7. The Labute approximate surface area is 305 Å². The van der Waals surface area contributed by atoms with Gasteiger partial charge in [0.15, 0.2) is 0 Å². The monoisotopic (exact) mass is 759 g/mol. The average Bonchev–Trinajstić information content (AvgIpc) is 3.07. The summed E-state index contributed by atoms with van der Waals surface area (Å²) in [5.74, 6) is 1.98. The van der Waals surface area contributed by atoms with Gasteiger partial charge in [-0.1, -0.05) is 6.92 Å². The number of amides is 1. The second-order valence-electron chi connectivity index (χ2n) is 13.5. The molecule has 49 heavy (non-hydrogen) atoms. The van der Waals surface area contributed by atoms with Crippen LogP contribution >= 0.6 is 23.2 Å². The van der Waals surface area contributed by atoms with Crippen molar-refractivity contribution in [1.29, 1.82) is 0 Å². The molecule has 0 bridgehead atoms. The summed E-state index contributed by atoms with van der Waals surface area (Å²) in [6, 6.07) is 0. The average molecular weight is 761 g/mol. The molecule has 0 aromatic carbocycles. The second-order valence-corrected chi connectivity index (χ2v) is 16.8. The summed E-state index contributed by atoms with van der Waals surface area (Å²) in [4.78, 5) is 14.3. The highest BCUT2D eigenvalue weighted by molar-refractivity contribution is 7.90. The van der Waals surface area contributed by atoms with Crippen LogP contribution in [0.2, 0.25) is 0 Å². The van der Waals surface area contributed by atoms with E-state index in [1.54, 1.807) is 0 Å². The van der Waals surface area contributed by atoms with Crippen LogP contribution in [0.4, 0.5) is 0 Å². The number of ether oxygens (including phenoxy) is 6. The van der Waals surface area contributed by atoms with Crippen molar-refractivity contribution in [1.82, 2.24) is 14.9 Å². The lowest BCUT2D eigenvalue weighted by atomic mass is 9.63. The van der Waals surface area contributed by atoms with Crippen molar-refractivity contribution in [2.75, 3.05) is 113 Å². The summed E-state index contributed by atoms with van der Waals surface area (Å²) in [6.07, 6.45) is 6.44. The smallest absolute Gasteiger partial charge is 0.222 e. The minimum absolute atomic E-state index is 0.0860. The van der Waals surface area contributed by atoms with Crippen LogP contribution < -0.4 is 10.0 Å². The lowest BCUT2D eigenvalue weighted by Gasteiger charge is -2.51. The molecule has 5 unspecified atom stereocenters. The molecule has 1 saturated heterocycles. The summed E-state index contributed by atoms with van der Waals surface area (Å²) < 4.78 is 61.4. The maximum absolute atomic E-state index is 13.0. The van der Waals surface area contributed by atoms with Crippen LogP contribution in [0.1, 0.15) is 58.3 Å². The standard InChI is InChI=1S/C34H63Cl2N3O9S/c1-3-11-43-15-19-47-20-16-44-12-8-34(40)37-9-13-45-17-21-48-22-18-46-14-10-38-49(41,42)29-6-4-27(5-7-29)31-25-39(2)26-32-30(31)23-28(35)24-33(32)36/h27-33,38H,3-26H2,1-2H3,(H,37,40). The fourth-order valence-electron chi connectivity index (χ4n) is 7.37. The predicted molar refractivity (Wildman–Crippen MR) is 192 cm³/mol. The van der Waals surface area contributed by atoms with Crippen molar-refractivity contribution in [2.24, 2.45) is 23.7 Å². The van der Waals surface area contributed by atoms with Crippen molar-refractivity contribution in [2.45, 2.75) is 74.3 Å². The van der Waals surface area contributed by atoms with Gasteiger partial charge < -0.3 is 38.6 Å². The molecule has 15 heteroatoms. The number of carbonyl (C=O) groups excluding carboxylic acids is 1. The molecule has 1 amide bonds. The molecule has 3 rings (SSSR count). The summed E-state index contributed by atoms with van der Waals surface area (Å²) in [5, 5.41) is 2.71. The SMILES string of the molecule is CCCOCCOCCOCCC(=O)NCCOCCOCCOCCNS(=O)(=O)C1CCC(C2CN(C)CC3C(Cl)CC(Cl)CC32)CC1. The normalized spacial score (nSPS) is 28.0. The van der Waals surface area contributed by atoms with Crippen LogP contribution in [0.3, 0.4) is 0 Å². The molecular weight excluding hydrogens is 697 g/mol. The zero-order valence-electron chi connectivity index (χ0n) is 29.8. The van der Waals surface area contributed by atoms with Gasteiger partial charge in [-0.05, 0) is 75.7 Å². The predicted octanol–water partition coefficient (Wildman–Crippen LogP) is 3.28. The van der Waals surface area contributed by atoms with Crippen LogP contribution in [0.5, 0.6) is 0 Å². The van der Waals surface area contributed by atoms with Gasteiger partial charge >= 0.3 is 0 Å². The first kappa shape index (κ1) is 43.1. The van der Waals surface area contributed by atoms with E-state index in [9.17, 15) is 13.2 Å². The van der Waals surface area contributed by atoms with E-state index in [4.69, 9.17) is 51.6 Å². The molecule has 288 valence electrons. The summed E-state index contributed by atoms with van der Waals surface area (Å²) in [6.45, 7) is 10.2. The number of hydrogen-bond donors (Lipinski definition) is 2. The lowest BCUT2D eigenvalue weighted by Crippen LogP contribution is -2.53. The molecule has 1 aliphatic heterocycles.